The normalized spacial score (nSPS) is 28.1. The molecule has 1 N–H and O–H groups in total. The van der Waals surface area contributed by atoms with E-state index in [0.717, 1.165) is 25.3 Å². The highest BCUT2D eigenvalue weighted by molar-refractivity contribution is 7.85. The van der Waals surface area contributed by atoms with Crippen LogP contribution in [0.3, 0.4) is 0 Å². The molecule has 0 heterocycles. The lowest BCUT2D eigenvalue weighted by atomic mass is 9.85. The topological polar surface area (TPSA) is 89.9 Å². The van der Waals surface area contributed by atoms with Gasteiger partial charge in [0.05, 0.1) is 5.56 Å². The van der Waals surface area contributed by atoms with Crippen LogP contribution in [0.15, 0.2) is 18.2 Å². The molecule has 2 aliphatic carbocycles. The van der Waals surface area contributed by atoms with Crippen LogP contribution in [0, 0.1) is 17.7 Å². The van der Waals surface area contributed by atoms with Gasteiger partial charge in [-0.25, -0.2) is 9.18 Å². The molecule has 2 fully saturated rings. The van der Waals surface area contributed by atoms with Crippen LogP contribution in [0.2, 0.25) is 0 Å². The van der Waals surface area contributed by atoms with Gasteiger partial charge in [-0.3, -0.25) is 4.55 Å². The van der Waals surface area contributed by atoms with Gasteiger partial charge < -0.3 is 9.47 Å². The van der Waals surface area contributed by atoms with Gasteiger partial charge in [0.1, 0.15) is 18.0 Å². The zero-order valence-corrected chi connectivity index (χ0v) is 14.7. The molecule has 1 aromatic rings. The SMILES string of the molecule is CC1(Oc2cc(C(=O)OCCS(=O)(=O)O)ccc2F)CC2CCC1C2. The summed E-state index contributed by atoms with van der Waals surface area (Å²) >= 11 is 0. The maximum atomic E-state index is 14.1. The van der Waals surface area contributed by atoms with E-state index in [4.69, 9.17) is 14.0 Å². The molecule has 6 nitrogen and oxygen atoms in total. The smallest absolute Gasteiger partial charge is 0.338 e. The summed E-state index contributed by atoms with van der Waals surface area (Å²) in [5.74, 6) is -1.04. The van der Waals surface area contributed by atoms with E-state index < -0.39 is 39.9 Å². The second-order valence-corrected chi connectivity index (χ2v) is 8.63. The Labute approximate surface area is 146 Å². The monoisotopic (exact) mass is 372 g/mol. The number of esters is 1. The van der Waals surface area contributed by atoms with Crippen molar-refractivity contribution in [2.45, 2.75) is 38.2 Å². The van der Waals surface area contributed by atoms with Crippen molar-refractivity contribution >= 4 is 16.1 Å². The molecule has 3 rings (SSSR count). The summed E-state index contributed by atoms with van der Waals surface area (Å²) in [5, 5.41) is 0. The highest BCUT2D eigenvalue weighted by atomic mass is 32.2. The summed E-state index contributed by atoms with van der Waals surface area (Å²) in [4.78, 5) is 12.0. The van der Waals surface area contributed by atoms with Gasteiger partial charge in [-0.15, -0.1) is 0 Å². The number of hydrogen-bond acceptors (Lipinski definition) is 5. The number of carbonyl (C=O) groups excluding carboxylic acids is 1. The fourth-order valence-electron chi connectivity index (χ4n) is 3.96. The molecular weight excluding hydrogens is 351 g/mol. The zero-order chi connectivity index (χ0) is 18.2. The number of rotatable bonds is 6. The first kappa shape index (κ1) is 18.1. The summed E-state index contributed by atoms with van der Waals surface area (Å²) in [6, 6.07) is 3.66. The molecule has 3 unspecified atom stereocenters. The fraction of sp³-hybridized carbons (Fsp3) is 0.588. The Morgan fingerprint density at radius 1 is 1.40 bits per heavy atom. The lowest BCUT2D eigenvalue weighted by molar-refractivity contribution is 0.0273. The number of benzene rings is 1. The first-order valence-corrected chi connectivity index (χ1v) is 9.88. The number of fused-ring (bicyclic) bond motifs is 2. The third-order valence-electron chi connectivity index (χ3n) is 5.18. The molecule has 0 spiro atoms. The molecule has 1 aromatic carbocycles. The van der Waals surface area contributed by atoms with Crippen LogP contribution < -0.4 is 4.74 Å². The average Bonchev–Trinajstić information content (AvgIpc) is 3.08. The summed E-state index contributed by atoms with van der Waals surface area (Å²) in [6.07, 6.45) is 4.22. The predicted octanol–water partition coefficient (Wildman–Crippen LogP) is 2.83. The van der Waals surface area contributed by atoms with Crippen molar-refractivity contribution in [3.63, 3.8) is 0 Å². The van der Waals surface area contributed by atoms with Crippen molar-refractivity contribution in [1.82, 2.24) is 0 Å². The third-order valence-corrected chi connectivity index (χ3v) is 5.87. The Morgan fingerprint density at radius 3 is 2.76 bits per heavy atom. The standard InChI is InChI=1S/C17H21FO6S/c1-17(10-11-2-4-13(17)8-11)24-15-9-12(3-5-14(15)18)16(19)23-6-7-25(20,21)22/h3,5,9,11,13H,2,4,6-8,10H2,1H3,(H,20,21,22). The van der Waals surface area contributed by atoms with Crippen molar-refractivity contribution in [3.05, 3.63) is 29.6 Å². The highest BCUT2D eigenvalue weighted by Crippen LogP contribution is 2.52. The van der Waals surface area contributed by atoms with E-state index in [1.165, 1.54) is 18.6 Å². The van der Waals surface area contributed by atoms with Crippen molar-refractivity contribution in [2.75, 3.05) is 12.4 Å². The molecule has 0 aliphatic heterocycles. The van der Waals surface area contributed by atoms with E-state index in [1.807, 2.05) is 6.92 Å². The van der Waals surface area contributed by atoms with Crippen molar-refractivity contribution in [2.24, 2.45) is 11.8 Å². The van der Waals surface area contributed by atoms with Crippen LogP contribution in [0.1, 0.15) is 43.0 Å². The largest absolute Gasteiger partial charge is 0.484 e. The molecule has 3 atom stereocenters. The van der Waals surface area contributed by atoms with E-state index in [0.29, 0.717) is 11.8 Å². The summed E-state index contributed by atoms with van der Waals surface area (Å²) in [6.45, 7) is 1.50. The Morgan fingerprint density at radius 2 is 2.16 bits per heavy atom. The van der Waals surface area contributed by atoms with Crippen molar-refractivity contribution < 1.29 is 31.6 Å². The fourth-order valence-corrected chi connectivity index (χ4v) is 4.26. The van der Waals surface area contributed by atoms with Gasteiger partial charge in [0, 0.05) is 0 Å². The summed E-state index contributed by atoms with van der Waals surface area (Å²) < 4.78 is 54.8. The molecule has 2 saturated carbocycles. The van der Waals surface area contributed by atoms with Crippen LogP contribution in [0.4, 0.5) is 4.39 Å². The van der Waals surface area contributed by atoms with Crippen LogP contribution >= 0.6 is 0 Å². The van der Waals surface area contributed by atoms with Crippen molar-refractivity contribution in [1.29, 1.82) is 0 Å². The van der Waals surface area contributed by atoms with E-state index in [1.54, 1.807) is 0 Å². The maximum Gasteiger partial charge on any atom is 0.338 e. The molecule has 138 valence electrons. The molecule has 2 aliphatic rings. The summed E-state index contributed by atoms with van der Waals surface area (Å²) in [7, 11) is -4.21. The number of hydrogen-bond donors (Lipinski definition) is 1. The average molecular weight is 372 g/mol. The first-order chi connectivity index (χ1) is 11.7. The van der Waals surface area contributed by atoms with Gasteiger partial charge in [-0.05, 0) is 62.6 Å². The Bertz CT molecular complexity index is 777. The summed E-state index contributed by atoms with van der Waals surface area (Å²) in [5.41, 5.74) is -0.365. The molecule has 0 radical (unpaired) electrons. The Balaban J connectivity index is 1.69. The van der Waals surface area contributed by atoms with Gasteiger partial charge in [-0.2, -0.15) is 8.42 Å². The molecule has 25 heavy (non-hydrogen) atoms. The van der Waals surface area contributed by atoms with Gasteiger partial charge in [0.25, 0.3) is 10.1 Å². The van der Waals surface area contributed by atoms with Crippen LogP contribution in [0.25, 0.3) is 0 Å². The van der Waals surface area contributed by atoms with E-state index in [2.05, 4.69) is 0 Å². The second-order valence-electron chi connectivity index (χ2n) is 7.06. The lowest BCUT2D eigenvalue weighted by Gasteiger charge is -2.34. The number of carbonyl (C=O) groups is 1. The Kier molecular flexibility index (Phi) is 4.76. The Hall–Kier alpha value is -1.67. The van der Waals surface area contributed by atoms with E-state index in [9.17, 15) is 17.6 Å². The number of ether oxygens (including phenoxy) is 2. The van der Waals surface area contributed by atoms with Crippen LogP contribution in [0.5, 0.6) is 5.75 Å². The first-order valence-electron chi connectivity index (χ1n) is 8.27. The van der Waals surface area contributed by atoms with Crippen LogP contribution in [-0.2, 0) is 14.9 Å². The zero-order valence-electron chi connectivity index (χ0n) is 13.9. The maximum absolute atomic E-state index is 14.1. The highest BCUT2D eigenvalue weighted by Gasteiger charge is 2.50. The van der Waals surface area contributed by atoms with Gasteiger partial charge in [-0.1, -0.05) is 0 Å². The molecule has 0 amide bonds. The molecular formula is C17H21FO6S. The minimum Gasteiger partial charge on any atom is -0.484 e. The number of halogens is 1. The molecule has 0 aromatic heterocycles. The van der Waals surface area contributed by atoms with Crippen molar-refractivity contribution in [3.8, 4) is 5.75 Å². The van der Waals surface area contributed by atoms with Gasteiger partial charge in [0.15, 0.2) is 11.6 Å². The minimum atomic E-state index is -4.21. The quantitative estimate of drug-likeness (QED) is 0.610. The predicted molar refractivity (Wildman–Crippen MR) is 87.6 cm³/mol. The van der Waals surface area contributed by atoms with Gasteiger partial charge >= 0.3 is 5.97 Å². The second kappa shape index (κ2) is 6.57. The molecule has 2 bridgehead atoms. The lowest BCUT2D eigenvalue weighted by Crippen LogP contribution is -2.38. The molecule has 0 saturated heterocycles. The minimum absolute atomic E-state index is 0.000667. The van der Waals surface area contributed by atoms with E-state index in [-0.39, 0.29) is 11.3 Å². The third kappa shape index (κ3) is 4.12. The van der Waals surface area contributed by atoms with E-state index >= 15 is 0 Å². The molecule has 8 heteroatoms. The van der Waals surface area contributed by atoms with Gasteiger partial charge in [0.2, 0.25) is 0 Å². The van der Waals surface area contributed by atoms with Crippen LogP contribution in [-0.4, -0.2) is 36.9 Å².